The van der Waals surface area contributed by atoms with Crippen molar-refractivity contribution in [3.05, 3.63) is 63.1 Å². The molecule has 0 aliphatic rings. The third-order valence-electron chi connectivity index (χ3n) is 3.41. The van der Waals surface area contributed by atoms with E-state index < -0.39 is 0 Å². The van der Waals surface area contributed by atoms with Crippen molar-refractivity contribution in [2.45, 2.75) is 26.2 Å². The summed E-state index contributed by atoms with van der Waals surface area (Å²) < 4.78 is 6.35. The van der Waals surface area contributed by atoms with Crippen molar-refractivity contribution in [1.82, 2.24) is 5.43 Å². The number of nitrogens with zero attached hydrogens (tertiary/aromatic N) is 1. The molecule has 1 amide bonds. The van der Waals surface area contributed by atoms with Crippen LogP contribution in [0.5, 0.6) is 5.75 Å². The average Bonchev–Trinajstić information content (AvgIpc) is 2.53. The minimum Gasteiger partial charge on any atom is -0.483 e. The molecule has 0 spiro atoms. The molecule has 2 aromatic carbocycles. The summed E-state index contributed by atoms with van der Waals surface area (Å²) in [5, 5.41) is 4.50. The summed E-state index contributed by atoms with van der Waals surface area (Å²) in [5.41, 5.74) is 4.46. The summed E-state index contributed by atoms with van der Waals surface area (Å²) in [6.45, 7) is 6.29. The molecular formula is C19H20BrClN2O2. The lowest BCUT2D eigenvalue weighted by atomic mass is 9.87. The van der Waals surface area contributed by atoms with Gasteiger partial charge in [-0.25, -0.2) is 5.43 Å². The summed E-state index contributed by atoms with van der Waals surface area (Å²) in [6.07, 6.45) is 1.53. The highest BCUT2D eigenvalue weighted by Crippen LogP contribution is 2.31. The molecule has 0 radical (unpaired) electrons. The smallest absolute Gasteiger partial charge is 0.277 e. The molecule has 0 saturated heterocycles. The molecule has 25 heavy (non-hydrogen) atoms. The van der Waals surface area contributed by atoms with Crippen molar-refractivity contribution < 1.29 is 9.53 Å². The van der Waals surface area contributed by atoms with Crippen molar-refractivity contribution >= 4 is 39.7 Å². The van der Waals surface area contributed by atoms with Crippen molar-refractivity contribution in [3.63, 3.8) is 0 Å². The van der Waals surface area contributed by atoms with Crippen LogP contribution < -0.4 is 10.2 Å². The summed E-state index contributed by atoms with van der Waals surface area (Å²) in [7, 11) is 0. The molecule has 1 N–H and O–H groups in total. The number of ether oxygens (including phenoxy) is 1. The first-order valence-corrected chi connectivity index (χ1v) is 8.93. The van der Waals surface area contributed by atoms with Gasteiger partial charge in [-0.15, -0.1) is 0 Å². The predicted molar refractivity (Wildman–Crippen MR) is 106 cm³/mol. The van der Waals surface area contributed by atoms with Gasteiger partial charge in [0.25, 0.3) is 5.91 Å². The number of nitrogens with one attached hydrogen (secondary N) is 1. The summed E-state index contributed by atoms with van der Waals surface area (Å²) >= 11 is 9.37. The van der Waals surface area contributed by atoms with E-state index in [1.54, 1.807) is 12.1 Å². The van der Waals surface area contributed by atoms with Crippen molar-refractivity contribution in [2.24, 2.45) is 5.10 Å². The Hall–Kier alpha value is -1.85. The van der Waals surface area contributed by atoms with Crippen LogP contribution in [0, 0.1) is 0 Å². The van der Waals surface area contributed by atoms with E-state index in [9.17, 15) is 4.79 Å². The first-order chi connectivity index (χ1) is 11.8. The van der Waals surface area contributed by atoms with Crippen LogP contribution in [0.25, 0.3) is 0 Å². The zero-order valence-corrected chi connectivity index (χ0v) is 16.7. The van der Waals surface area contributed by atoms with E-state index in [2.05, 4.69) is 47.2 Å². The highest BCUT2D eigenvalue weighted by atomic mass is 79.9. The largest absolute Gasteiger partial charge is 0.483 e. The van der Waals surface area contributed by atoms with Crippen LogP contribution in [-0.2, 0) is 10.2 Å². The second-order valence-corrected chi connectivity index (χ2v) is 7.82. The third-order valence-corrected chi connectivity index (χ3v) is 4.26. The second kappa shape index (κ2) is 8.50. The van der Waals surface area contributed by atoms with Crippen LogP contribution in [0.4, 0.5) is 0 Å². The predicted octanol–water partition coefficient (Wildman–Crippen LogP) is 4.93. The fraction of sp³-hybridized carbons (Fsp3) is 0.263. The number of amides is 1. The number of halogens is 2. The standard InChI is InChI=1S/C19H20BrClN2O2/c1-19(2,3)14-7-8-17(16(20)10-14)25-12-18(24)23-22-11-13-5-4-6-15(21)9-13/h4-11H,12H2,1-3H3,(H,23,24)/b22-11-. The van der Waals surface area contributed by atoms with E-state index in [4.69, 9.17) is 16.3 Å². The van der Waals surface area contributed by atoms with Gasteiger partial charge in [0.2, 0.25) is 0 Å². The summed E-state index contributed by atoms with van der Waals surface area (Å²) in [4.78, 5) is 11.8. The Kier molecular flexibility index (Phi) is 6.62. The average molecular weight is 424 g/mol. The second-order valence-electron chi connectivity index (χ2n) is 6.53. The number of hydrogen-bond donors (Lipinski definition) is 1. The summed E-state index contributed by atoms with van der Waals surface area (Å²) in [5.74, 6) is 0.270. The first-order valence-electron chi connectivity index (χ1n) is 7.76. The van der Waals surface area contributed by atoms with Crippen LogP contribution in [0.1, 0.15) is 31.9 Å². The Labute approximate surface area is 161 Å². The van der Waals surface area contributed by atoms with Crippen LogP contribution in [0.3, 0.4) is 0 Å². The lowest BCUT2D eigenvalue weighted by Crippen LogP contribution is -2.24. The minimum atomic E-state index is -0.343. The van der Waals surface area contributed by atoms with Crippen LogP contribution in [0.2, 0.25) is 5.02 Å². The van der Waals surface area contributed by atoms with Gasteiger partial charge in [-0.05, 0) is 56.7 Å². The Morgan fingerprint density at radius 2 is 2.04 bits per heavy atom. The molecule has 2 aromatic rings. The molecule has 0 heterocycles. The Bertz CT molecular complexity index is 785. The Morgan fingerprint density at radius 1 is 1.28 bits per heavy atom. The minimum absolute atomic E-state index is 0.0491. The zero-order chi connectivity index (χ0) is 18.4. The van der Waals surface area contributed by atoms with Gasteiger partial charge in [0.15, 0.2) is 6.61 Å². The number of hydrazone groups is 1. The molecule has 6 heteroatoms. The zero-order valence-electron chi connectivity index (χ0n) is 14.3. The molecule has 0 unspecified atom stereocenters. The van der Waals surface area contributed by atoms with Gasteiger partial charge < -0.3 is 4.74 Å². The Morgan fingerprint density at radius 3 is 2.68 bits per heavy atom. The maximum atomic E-state index is 11.8. The van der Waals surface area contributed by atoms with Gasteiger partial charge in [-0.3, -0.25) is 4.79 Å². The van der Waals surface area contributed by atoms with Crippen molar-refractivity contribution in [3.8, 4) is 5.75 Å². The topological polar surface area (TPSA) is 50.7 Å². The SMILES string of the molecule is CC(C)(C)c1ccc(OCC(=O)N/N=C\c2cccc(Cl)c2)c(Br)c1. The molecule has 0 bridgehead atoms. The highest BCUT2D eigenvalue weighted by Gasteiger charge is 2.15. The van der Waals surface area contributed by atoms with Gasteiger partial charge in [0, 0.05) is 5.02 Å². The molecule has 0 fully saturated rings. The monoisotopic (exact) mass is 422 g/mol. The molecule has 0 aliphatic carbocycles. The number of rotatable bonds is 5. The van der Waals surface area contributed by atoms with E-state index in [0.29, 0.717) is 10.8 Å². The first kappa shape index (κ1) is 19.5. The lowest BCUT2D eigenvalue weighted by molar-refractivity contribution is -0.123. The molecule has 0 aromatic heterocycles. The number of carbonyl (C=O) groups is 1. The number of hydrogen-bond acceptors (Lipinski definition) is 3. The van der Waals surface area contributed by atoms with E-state index in [0.717, 1.165) is 10.0 Å². The quantitative estimate of drug-likeness (QED) is 0.547. The van der Waals surface area contributed by atoms with Crippen LogP contribution in [0.15, 0.2) is 52.0 Å². The van der Waals surface area contributed by atoms with Gasteiger partial charge in [-0.2, -0.15) is 5.10 Å². The van der Waals surface area contributed by atoms with Gasteiger partial charge in [-0.1, -0.05) is 50.6 Å². The van der Waals surface area contributed by atoms with E-state index in [-0.39, 0.29) is 17.9 Å². The molecule has 2 rings (SSSR count). The van der Waals surface area contributed by atoms with E-state index >= 15 is 0 Å². The van der Waals surface area contributed by atoms with E-state index in [1.165, 1.54) is 11.8 Å². The molecule has 0 saturated carbocycles. The van der Waals surface area contributed by atoms with E-state index in [1.807, 2.05) is 30.3 Å². The molecule has 4 nitrogen and oxygen atoms in total. The lowest BCUT2D eigenvalue weighted by Gasteiger charge is -2.20. The number of benzene rings is 2. The number of carbonyl (C=O) groups excluding carboxylic acids is 1. The van der Waals surface area contributed by atoms with Crippen molar-refractivity contribution in [2.75, 3.05) is 6.61 Å². The molecule has 0 atom stereocenters. The normalized spacial score (nSPS) is 11.6. The molecule has 132 valence electrons. The van der Waals surface area contributed by atoms with Crippen molar-refractivity contribution in [1.29, 1.82) is 0 Å². The highest BCUT2D eigenvalue weighted by molar-refractivity contribution is 9.10. The van der Waals surface area contributed by atoms with Gasteiger partial charge in [0.05, 0.1) is 10.7 Å². The van der Waals surface area contributed by atoms with Crippen LogP contribution >= 0.6 is 27.5 Å². The maximum Gasteiger partial charge on any atom is 0.277 e. The Balaban J connectivity index is 1.88. The van der Waals surface area contributed by atoms with Gasteiger partial charge in [0.1, 0.15) is 5.75 Å². The summed E-state index contributed by atoms with van der Waals surface area (Å²) in [6, 6.07) is 13.0. The molecular weight excluding hydrogens is 404 g/mol. The maximum absolute atomic E-state index is 11.8. The fourth-order valence-corrected chi connectivity index (χ4v) is 2.72. The third kappa shape index (κ3) is 6.18. The van der Waals surface area contributed by atoms with Gasteiger partial charge >= 0.3 is 0 Å². The molecule has 0 aliphatic heterocycles. The fourth-order valence-electron chi connectivity index (χ4n) is 2.03. The van der Waals surface area contributed by atoms with Crippen LogP contribution in [-0.4, -0.2) is 18.7 Å².